The summed E-state index contributed by atoms with van der Waals surface area (Å²) < 4.78 is 20.2. The number of hydrogen-bond acceptors (Lipinski definition) is 2. The number of aromatic amines is 1. The second-order valence-corrected chi connectivity index (χ2v) is 7.28. The van der Waals surface area contributed by atoms with E-state index in [4.69, 9.17) is 21.9 Å². The molecule has 0 bridgehead atoms. The fourth-order valence-electron chi connectivity index (χ4n) is 2.54. The molecule has 0 fully saturated rings. The number of halogens is 2. The number of carbonyl (C=O) groups excluding carboxylic acids is 1. The van der Waals surface area contributed by atoms with E-state index < -0.39 is 14.1 Å². The van der Waals surface area contributed by atoms with Gasteiger partial charge in [-0.05, 0) is 37.3 Å². The Morgan fingerprint density at radius 3 is 2.75 bits per heavy atom. The van der Waals surface area contributed by atoms with Crippen molar-refractivity contribution in [3.8, 4) is 0 Å². The molecule has 0 aliphatic rings. The van der Waals surface area contributed by atoms with E-state index >= 15 is 0 Å². The first-order valence-corrected chi connectivity index (χ1v) is 8.95. The molecule has 4 nitrogen and oxygen atoms in total. The number of primary amides is 1. The van der Waals surface area contributed by atoms with Gasteiger partial charge in [0.2, 0.25) is 0 Å². The third-order valence-corrected chi connectivity index (χ3v) is 5.93. The van der Waals surface area contributed by atoms with E-state index in [0.717, 1.165) is 0 Å². The number of nitrogens with one attached hydrogen (secondary N) is 1. The number of aromatic nitrogens is 1. The molecule has 0 aliphatic heterocycles. The smallest absolute Gasteiger partial charge is 0.265 e. The summed E-state index contributed by atoms with van der Waals surface area (Å²) in [6.45, 7) is 2.19. The molecule has 0 saturated heterocycles. The molecule has 1 amide bonds. The molecule has 1 unspecified atom stereocenters. The molecule has 1 aromatic heterocycles. The van der Waals surface area contributed by atoms with Crippen LogP contribution in [0.25, 0.3) is 10.9 Å². The number of carbonyl (C=O) groups is 1. The highest BCUT2D eigenvalue weighted by Gasteiger charge is 2.27. The van der Waals surface area contributed by atoms with Gasteiger partial charge >= 0.3 is 0 Å². The van der Waals surface area contributed by atoms with Crippen molar-refractivity contribution in [3.05, 3.63) is 59.0 Å². The maximum absolute atomic E-state index is 14.4. The first kappa shape index (κ1) is 16.9. The zero-order valence-electron chi connectivity index (χ0n) is 12.8. The van der Waals surface area contributed by atoms with Gasteiger partial charge in [0.1, 0.15) is 11.5 Å². The van der Waals surface area contributed by atoms with Crippen molar-refractivity contribution in [1.29, 1.82) is 0 Å². The molecule has 24 heavy (non-hydrogen) atoms. The Bertz CT molecular complexity index is 913. The van der Waals surface area contributed by atoms with Crippen LogP contribution < -0.4 is 16.3 Å². The Morgan fingerprint density at radius 2 is 2.08 bits per heavy atom. The lowest BCUT2D eigenvalue weighted by molar-refractivity contribution is 0.0997. The minimum absolute atomic E-state index is 0.218. The van der Waals surface area contributed by atoms with Crippen molar-refractivity contribution < 1.29 is 13.7 Å². The summed E-state index contributed by atoms with van der Waals surface area (Å²) in [5, 5.41) is 2.18. The molecule has 0 saturated carbocycles. The second kappa shape index (κ2) is 6.89. The van der Waals surface area contributed by atoms with Gasteiger partial charge in [-0.25, -0.2) is 4.39 Å². The molecule has 0 spiro atoms. The molecule has 1 atom stereocenters. The Balaban J connectivity index is 2.31. The van der Waals surface area contributed by atoms with Crippen LogP contribution in [0.1, 0.15) is 17.4 Å². The summed E-state index contributed by atoms with van der Waals surface area (Å²) in [5.74, 6) is -1.01. The van der Waals surface area contributed by atoms with Crippen LogP contribution in [0.4, 0.5) is 4.39 Å². The average Bonchev–Trinajstić information content (AvgIpc) is 2.92. The first-order chi connectivity index (χ1) is 11.5. The molecule has 2 aromatic carbocycles. The summed E-state index contributed by atoms with van der Waals surface area (Å²) in [4.78, 5) is 14.9. The van der Waals surface area contributed by atoms with Gasteiger partial charge in [-0.1, -0.05) is 23.7 Å². The number of benzene rings is 2. The molecule has 0 aliphatic carbocycles. The van der Waals surface area contributed by atoms with Gasteiger partial charge in [0, 0.05) is 33.1 Å². The molecule has 1 heterocycles. The molecule has 0 radical (unpaired) electrons. The van der Waals surface area contributed by atoms with Crippen LogP contribution in [0, 0.1) is 5.82 Å². The highest BCUT2D eigenvalue weighted by molar-refractivity contribution is 7.69. The third-order valence-electron chi connectivity index (χ3n) is 3.51. The van der Waals surface area contributed by atoms with Gasteiger partial charge in [0.25, 0.3) is 5.91 Å². The third kappa shape index (κ3) is 3.03. The van der Waals surface area contributed by atoms with E-state index in [1.54, 1.807) is 36.4 Å². The molecule has 124 valence electrons. The van der Waals surface area contributed by atoms with Crippen molar-refractivity contribution >= 4 is 47.2 Å². The lowest BCUT2D eigenvalue weighted by Gasteiger charge is -2.18. The molecule has 3 aromatic rings. The number of rotatable bonds is 5. The molecular formula is C17H15ClFN2O2P. The number of hydrogen-bond donors (Lipinski definition) is 2. The molecular weight excluding hydrogens is 350 g/mol. The predicted molar refractivity (Wildman–Crippen MR) is 96.0 cm³/mol. The van der Waals surface area contributed by atoms with Gasteiger partial charge in [-0.15, -0.1) is 0 Å². The Hall–Kier alpha value is -1.94. The summed E-state index contributed by atoms with van der Waals surface area (Å²) >= 11 is 6.10. The largest absolute Gasteiger partial charge is 0.364 e. The monoisotopic (exact) mass is 364 g/mol. The van der Waals surface area contributed by atoms with E-state index in [0.29, 0.717) is 33.1 Å². The number of amides is 1. The minimum Gasteiger partial charge on any atom is -0.364 e. The Labute approximate surface area is 144 Å². The predicted octanol–water partition coefficient (Wildman–Crippen LogP) is 3.44. The van der Waals surface area contributed by atoms with E-state index in [2.05, 4.69) is 4.98 Å². The highest BCUT2D eigenvalue weighted by Crippen LogP contribution is 2.40. The zero-order valence-corrected chi connectivity index (χ0v) is 14.5. The molecule has 3 N–H and O–H groups in total. The second-order valence-electron chi connectivity index (χ2n) is 5.07. The van der Waals surface area contributed by atoms with Gasteiger partial charge in [0.05, 0.1) is 8.15 Å². The number of nitrogens with two attached hydrogens (primary N) is 1. The number of H-pyrrole nitrogens is 1. The van der Waals surface area contributed by atoms with Crippen LogP contribution in [-0.4, -0.2) is 17.5 Å². The van der Waals surface area contributed by atoms with Gasteiger partial charge < -0.3 is 15.2 Å². The fraction of sp³-hybridized carbons (Fsp3) is 0.118. The van der Waals surface area contributed by atoms with Crippen molar-refractivity contribution in [1.82, 2.24) is 4.98 Å². The van der Waals surface area contributed by atoms with Crippen LogP contribution in [-0.2, 0) is 4.52 Å². The molecule has 7 heteroatoms. The average molecular weight is 365 g/mol. The van der Waals surface area contributed by atoms with E-state index in [1.165, 1.54) is 6.07 Å². The quantitative estimate of drug-likeness (QED) is 0.681. The SMILES string of the molecule is CCOP(c1ccccc1F)c1c(C(N)=O)[nH]c2ccc(Cl)cc12. The lowest BCUT2D eigenvalue weighted by Crippen LogP contribution is -2.24. The Morgan fingerprint density at radius 1 is 1.33 bits per heavy atom. The van der Waals surface area contributed by atoms with E-state index in [-0.39, 0.29) is 11.5 Å². The summed E-state index contributed by atoms with van der Waals surface area (Å²) in [6, 6.07) is 11.6. The maximum atomic E-state index is 14.4. The fourth-order valence-corrected chi connectivity index (χ4v) is 4.74. The van der Waals surface area contributed by atoms with Crippen molar-refractivity contribution in [2.75, 3.05) is 6.61 Å². The molecule has 3 rings (SSSR count). The van der Waals surface area contributed by atoms with Crippen molar-refractivity contribution in [2.24, 2.45) is 5.73 Å². The van der Waals surface area contributed by atoms with E-state index in [9.17, 15) is 9.18 Å². The van der Waals surface area contributed by atoms with Crippen LogP contribution in [0.5, 0.6) is 0 Å². The van der Waals surface area contributed by atoms with Crippen LogP contribution in [0.3, 0.4) is 0 Å². The van der Waals surface area contributed by atoms with E-state index in [1.807, 2.05) is 6.92 Å². The van der Waals surface area contributed by atoms with Crippen LogP contribution >= 0.6 is 19.7 Å². The zero-order chi connectivity index (χ0) is 17.3. The van der Waals surface area contributed by atoms with Crippen molar-refractivity contribution in [2.45, 2.75) is 6.92 Å². The Kier molecular flexibility index (Phi) is 4.86. The number of fused-ring (bicyclic) bond motifs is 1. The normalized spacial score (nSPS) is 12.5. The lowest BCUT2D eigenvalue weighted by atomic mass is 10.2. The van der Waals surface area contributed by atoms with Gasteiger partial charge in [-0.2, -0.15) is 0 Å². The minimum atomic E-state index is -1.57. The van der Waals surface area contributed by atoms with Crippen LogP contribution in [0.15, 0.2) is 42.5 Å². The standard InChI is InChI=1S/C17H15ClFN2O2P/c1-2-23-24(14-6-4-3-5-12(14)19)16-11-9-10(18)7-8-13(11)21-15(16)17(20)22/h3-9,21H,2H2,1H3,(H2,20,22). The summed E-state index contributed by atoms with van der Waals surface area (Å²) in [5.41, 5.74) is 6.44. The topological polar surface area (TPSA) is 68.1 Å². The maximum Gasteiger partial charge on any atom is 0.265 e. The van der Waals surface area contributed by atoms with Gasteiger partial charge in [0.15, 0.2) is 0 Å². The van der Waals surface area contributed by atoms with Gasteiger partial charge in [-0.3, -0.25) is 4.79 Å². The van der Waals surface area contributed by atoms with Crippen LogP contribution in [0.2, 0.25) is 5.02 Å². The highest BCUT2D eigenvalue weighted by atomic mass is 35.5. The van der Waals surface area contributed by atoms with Crippen molar-refractivity contribution in [3.63, 3.8) is 0 Å². The first-order valence-electron chi connectivity index (χ1n) is 7.31. The summed E-state index contributed by atoms with van der Waals surface area (Å²) in [6.07, 6.45) is 0. The summed E-state index contributed by atoms with van der Waals surface area (Å²) in [7, 11) is -1.57.